The van der Waals surface area contributed by atoms with E-state index in [1.807, 2.05) is 61.5 Å². The van der Waals surface area contributed by atoms with Crippen molar-refractivity contribution in [2.45, 2.75) is 6.92 Å². The molecule has 0 aliphatic carbocycles. The summed E-state index contributed by atoms with van der Waals surface area (Å²) in [6.07, 6.45) is 1.64. The molecule has 0 fully saturated rings. The number of hydrogen-bond donors (Lipinski definition) is 2. The zero-order valence-corrected chi connectivity index (χ0v) is 14.2. The van der Waals surface area contributed by atoms with Gasteiger partial charge in [-0.1, -0.05) is 36.4 Å². The van der Waals surface area contributed by atoms with Crippen LogP contribution in [0.15, 0.2) is 71.7 Å². The Morgan fingerprint density at radius 1 is 1.04 bits per heavy atom. The fourth-order valence-electron chi connectivity index (χ4n) is 2.85. The SMILES string of the molecule is Cc1ccccc1Nc1ncc2c(N)cc(=O)n(-c3ccccc3)c2n1. The molecule has 6 nitrogen and oxygen atoms in total. The van der Waals surface area contributed by atoms with Crippen LogP contribution in [0.2, 0.25) is 0 Å². The van der Waals surface area contributed by atoms with E-state index in [0.717, 1.165) is 16.9 Å². The third-order valence-corrected chi connectivity index (χ3v) is 4.20. The molecule has 0 atom stereocenters. The highest BCUT2D eigenvalue weighted by Crippen LogP contribution is 2.23. The van der Waals surface area contributed by atoms with Gasteiger partial charge in [0.05, 0.1) is 11.1 Å². The molecule has 26 heavy (non-hydrogen) atoms. The standard InChI is InChI=1S/C20H17N5O/c1-13-7-5-6-10-17(13)23-20-22-12-15-16(21)11-18(26)25(19(15)24-20)14-8-3-2-4-9-14/h2-12H,21H2,1H3,(H,22,23,24). The van der Waals surface area contributed by atoms with Gasteiger partial charge in [-0.05, 0) is 30.7 Å². The zero-order chi connectivity index (χ0) is 18.1. The molecule has 4 rings (SSSR count). The largest absolute Gasteiger partial charge is 0.398 e. The van der Waals surface area contributed by atoms with Gasteiger partial charge in [0.15, 0.2) is 5.65 Å². The Labute approximate surface area is 150 Å². The number of hydrogen-bond acceptors (Lipinski definition) is 5. The number of para-hydroxylation sites is 2. The summed E-state index contributed by atoms with van der Waals surface area (Å²) in [4.78, 5) is 21.5. The lowest BCUT2D eigenvalue weighted by Crippen LogP contribution is -2.20. The number of aryl methyl sites for hydroxylation is 1. The summed E-state index contributed by atoms with van der Waals surface area (Å²) in [5.74, 6) is 0.404. The van der Waals surface area contributed by atoms with Crippen LogP contribution in [0.1, 0.15) is 5.56 Å². The van der Waals surface area contributed by atoms with E-state index >= 15 is 0 Å². The Morgan fingerprint density at radius 3 is 2.54 bits per heavy atom. The van der Waals surface area contributed by atoms with E-state index in [1.165, 1.54) is 10.6 Å². The predicted molar refractivity (Wildman–Crippen MR) is 104 cm³/mol. The molecule has 2 aromatic heterocycles. The van der Waals surface area contributed by atoms with E-state index in [4.69, 9.17) is 5.73 Å². The van der Waals surface area contributed by atoms with Gasteiger partial charge < -0.3 is 11.1 Å². The van der Waals surface area contributed by atoms with Gasteiger partial charge in [0.25, 0.3) is 5.56 Å². The Kier molecular flexibility index (Phi) is 3.85. The average molecular weight is 343 g/mol. The summed E-state index contributed by atoms with van der Waals surface area (Å²) < 4.78 is 1.54. The van der Waals surface area contributed by atoms with Gasteiger partial charge in [0.2, 0.25) is 5.95 Å². The zero-order valence-electron chi connectivity index (χ0n) is 14.2. The van der Waals surface area contributed by atoms with Crippen LogP contribution in [-0.4, -0.2) is 14.5 Å². The number of fused-ring (bicyclic) bond motifs is 1. The molecular weight excluding hydrogens is 326 g/mol. The Hall–Kier alpha value is -3.67. The molecule has 2 aromatic carbocycles. The molecule has 0 saturated carbocycles. The Morgan fingerprint density at radius 2 is 1.77 bits per heavy atom. The summed E-state index contributed by atoms with van der Waals surface area (Å²) in [6.45, 7) is 2.00. The maximum atomic E-state index is 12.6. The normalized spacial score (nSPS) is 10.8. The lowest BCUT2D eigenvalue weighted by Gasteiger charge is -2.13. The maximum absolute atomic E-state index is 12.6. The molecule has 2 heterocycles. The van der Waals surface area contributed by atoms with Crippen molar-refractivity contribution in [1.29, 1.82) is 0 Å². The second-order valence-electron chi connectivity index (χ2n) is 5.98. The van der Waals surface area contributed by atoms with Crippen molar-refractivity contribution in [3.05, 3.63) is 82.8 Å². The van der Waals surface area contributed by atoms with Gasteiger partial charge in [0, 0.05) is 23.6 Å². The van der Waals surface area contributed by atoms with Gasteiger partial charge >= 0.3 is 0 Å². The first-order valence-electron chi connectivity index (χ1n) is 8.20. The van der Waals surface area contributed by atoms with Crippen molar-refractivity contribution < 1.29 is 0 Å². The molecule has 0 spiro atoms. The minimum Gasteiger partial charge on any atom is -0.398 e. The molecule has 3 N–H and O–H groups in total. The number of rotatable bonds is 3. The number of nitrogens with two attached hydrogens (primary N) is 1. The first-order valence-corrected chi connectivity index (χ1v) is 8.20. The highest BCUT2D eigenvalue weighted by molar-refractivity contribution is 5.88. The van der Waals surface area contributed by atoms with E-state index in [1.54, 1.807) is 6.20 Å². The van der Waals surface area contributed by atoms with Crippen LogP contribution in [0.3, 0.4) is 0 Å². The van der Waals surface area contributed by atoms with Crippen LogP contribution >= 0.6 is 0 Å². The third kappa shape index (κ3) is 2.77. The number of pyridine rings is 1. The van der Waals surface area contributed by atoms with E-state index in [0.29, 0.717) is 22.7 Å². The van der Waals surface area contributed by atoms with Crippen molar-refractivity contribution in [3.8, 4) is 5.69 Å². The van der Waals surface area contributed by atoms with E-state index in [-0.39, 0.29) is 5.56 Å². The smallest absolute Gasteiger partial charge is 0.258 e. The van der Waals surface area contributed by atoms with Crippen LogP contribution in [0, 0.1) is 6.92 Å². The molecular formula is C20H17N5O. The predicted octanol–water partition coefficient (Wildman–Crippen LogP) is 3.41. The monoisotopic (exact) mass is 343 g/mol. The summed E-state index contributed by atoms with van der Waals surface area (Å²) in [5.41, 5.74) is 9.31. The number of nitrogens with zero attached hydrogens (tertiary/aromatic N) is 3. The van der Waals surface area contributed by atoms with Crippen molar-refractivity contribution in [1.82, 2.24) is 14.5 Å². The molecule has 6 heteroatoms. The van der Waals surface area contributed by atoms with Crippen molar-refractivity contribution in [3.63, 3.8) is 0 Å². The van der Waals surface area contributed by atoms with Crippen LogP contribution < -0.4 is 16.6 Å². The van der Waals surface area contributed by atoms with Gasteiger partial charge in [0.1, 0.15) is 0 Å². The second-order valence-corrected chi connectivity index (χ2v) is 5.98. The Bertz CT molecular complexity index is 1150. The van der Waals surface area contributed by atoms with Crippen molar-refractivity contribution >= 4 is 28.4 Å². The van der Waals surface area contributed by atoms with Crippen LogP contribution in [0.4, 0.5) is 17.3 Å². The quantitative estimate of drug-likeness (QED) is 0.595. The molecule has 0 amide bonds. The highest BCUT2D eigenvalue weighted by atomic mass is 16.1. The number of nitrogens with one attached hydrogen (secondary N) is 1. The number of anilines is 3. The van der Waals surface area contributed by atoms with Gasteiger partial charge in [-0.25, -0.2) is 4.98 Å². The first-order chi connectivity index (χ1) is 12.6. The van der Waals surface area contributed by atoms with Gasteiger partial charge in [-0.15, -0.1) is 0 Å². The second kappa shape index (κ2) is 6.33. The van der Waals surface area contributed by atoms with Crippen LogP contribution in [0.25, 0.3) is 16.7 Å². The molecule has 0 radical (unpaired) electrons. The molecule has 4 aromatic rings. The molecule has 0 aliphatic heterocycles. The third-order valence-electron chi connectivity index (χ3n) is 4.20. The molecule has 0 saturated heterocycles. The average Bonchev–Trinajstić information content (AvgIpc) is 2.64. The fraction of sp³-hybridized carbons (Fsp3) is 0.0500. The van der Waals surface area contributed by atoms with E-state index in [2.05, 4.69) is 15.3 Å². The molecule has 0 unspecified atom stereocenters. The van der Waals surface area contributed by atoms with Crippen molar-refractivity contribution in [2.75, 3.05) is 11.1 Å². The van der Waals surface area contributed by atoms with Crippen LogP contribution in [0.5, 0.6) is 0 Å². The highest BCUT2D eigenvalue weighted by Gasteiger charge is 2.12. The summed E-state index contributed by atoms with van der Waals surface area (Å²) in [7, 11) is 0. The summed E-state index contributed by atoms with van der Waals surface area (Å²) >= 11 is 0. The number of aromatic nitrogens is 3. The summed E-state index contributed by atoms with van der Waals surface area (Å²) in [6, 6.07) is 18.6. The molecule has 128 valence electrons. The first kappa shape index (κ1) is 15.8. The van der Waals surface area contributed by atoms with Gasteiger partial charge in [-0.2, -0.15) is 4.98 Å². The maximum Gasteiger partial charge on any atom is 0.258 e. The Balaban J connectivity index is 1.92. The molecule has 0 aliphatic rings. The van der Waals surface area contributed by atoms with Gasteiger partial charge in [-0.3, -0.25) is 9.36 Å². The minimum atomic E-state index is -0.234. The van der Waals surface area contributed by atoms with Crippen molar-refractivity contribution in [2.24, 2.45) is 0 Å². The lowest BCUT2D eigenvalue weighted by atomic mass is 10.2. The molecule has 0 bridgehead atoms. The van der Waals surface area contributed by atoms with E-state index in [9.17, 15) is 4.79 Å². The fourth-order valence-corrected chi connectivity index (χ4v) is 2.85. The number of benzene rings is 2. The minimum absolute atomic E-state index is 0.234. The van der Waals surface area contributed by atoms with E-state index < -0.39 is 0 Å². The summed E-state index contributed by atoms with van der Waals surface area (Å²) in [5, 5.41) is 3.83. The van der Waals surface area contributed by atoms with Crippen LogP contribution in [-0.2, 0) is 0 Å². The number of nitrogen functional groups attached to an aromatic ring is 1. The lowest BCUT2D eigenvalue weighted by molar-refractivity contribution is 1.01. The topological polar surface area (TPSA) is 85.8 Å².